The van der Waals surface area contributed by atoms with Crippen LogP contribution in [0.15, 0.2) is 12.1 Å². The Hall–Kier alpha value is -1.29. The highest BCUT2D eigenvalue weighted by molar-refractivity contribution is 5.42. The predicted octanol–water partition coefficient (Wildman–Crippen LogP) is 2.27. The van der Waals surface area contributed by atoms with Gasteiger partial charge >= 0.3 is 0 Å². The fourth-order valence-electron chi connectivity index (χ4n) is 1.91. The number of halogens is 1. The van der Waals surface area contributed by atoms with Gasteiger partial charge in [-0.15, -0.1) is 0 Å². The van der Waals surface area contributed by atoms with E-state index in [0.717, 1.165) is 19.3 Å². The summed E-state index contributed by atoms with van der Waals surface area (Å²) in [4.78, 5) is 0. The third-order valence-corrected chi connectivity index (χ3v) is 3.35. The third kappa shape index (κ3) is 2.69. The Morgan fingerprint density at radius 2 is 2.00 bits per heavy atom. The maximum Gasteiger partial charge on any atom is 0.133 e. The summed E-state index contributed by atoms with van der Waals surface area (Å²) in [7, 11) is 3.04. The Labute approximate surface area is 101 Å². The molecular formula is C13H18FNO2. The van der Waals surface area contributed by atoms with Crippen LogP contribution < -0.4 is 15.2 Å². The summed E-state index contributed by atoms with van der Waals surface area (Å²) >= 11 is 0. The van der Waals surface area contributed by atoms with Crippen molar-refractivity contribution in [2.45, 2.75) is 31.2 Å². The summed E-state index contributed by atoms with van der Waals surface area (Å²) < 4.78 is 24.1. The van der Waals surface area contributed by atoms with Gasteiger partial charge in [-0.05, 0) is 25.7 Å². The normalized spacial score (nSPS) is 16.7. The number of rotatable bonds is 5. The molecule has 1 aliphatic carbocycles. The van der Waals surface area contributed by atoms with E-state index in [-0.39, 0.29) is 11.4 Å². The number of methoxy groups -OCH3 is 2. The van der Waals surface area contributed by atoms with Crippen LogP contribution in [0.1, 0.15) is 24.8 Å². The fraction of sp³-hybridized carbons (Fsp3) is 0.538. The number of hydrogen-bond donors (Lipinski definition) is 1. The van der Waals surface area contributed by atoms with Gasteiger partial charge in [0.1, 0.15) is 17.3 Å². The molecule has 1 aromatic rings. The van der Waals surface area contributed by atoms with E-state index in [2.05, 4.69) is 0 Å². The van der Waals surface area contributed by atoms with Crippen LogP contribution in [0, 0.1) is 5.82 Å². The quantitative estimate of drug-likeness (QED) is 0.857. The lowest BCUT2D eigenvalue weighted by atomic mass is 10.0. The monoisotopic (exact) mass is 239 g/mol. The minimum atomic E-state index is -0.287. The molecule has 4 heteroatoms. The minimum Gasteiger partial charge on any atom is -0.497 e. The van der Waals surface area contributed by atoms with Crippen molar-refractivity contribution in [1.82, 2.24) is 0 Å². The van der Waals surface area contributed by atoms with Crippen LogP contribution in [0.2, 0.25) is 0 Å². The topological polar surface area (TPSA) is 44.5 Å². The molecule has 0 saturated heterocycles. The van der Waals surface area contributed by atoms with Crippen molar-refractivity contribution < 1.29 is 13.9 Å². The van der Waals surface area contributed by atoms with Gasteiger partial charge in [0.25, 0.3) is 0 Å². The van der Waals surface area contributed by atoms with Gasteiger partial charge < -0.3 is 15.2 Å². The largest absolute Gasteiger partial charge is 0.497 e. The zero-order valence-corrected chi connectivity index (χ0v) is 10.3. The smallest absolute Gasteiger partial charge is 0.133 e. The van der Waals surface area contributed by atoms with Crippen LogP contribution in [0.3, 0.4) is 0 Å². The van der Waals surface area contributed by atoms with Gasteiger partial charge in [-0.3, -0.25) is 0 Å². The van der Waals surface area contributed by atoms with E-state index in [1.165, 1.54) is 20.3 Å². The molecule has 1 aliphatic rings. The van der Waals surface area contributed by atoms with Crippen molar-refractivity contribution in [3.63, 3.8) is 0 Å². The van der Waals surface area contributed by atoms with E-state index in [9.17, 15) is 4.39 Å². The number of ether oxygens (including phenoxy) is 2. The van der Waals surface area contributed by atoms with Gasteiger partial charge in [-0.25, -0.2) is 4.39 Å². The second-order valence-corrected chi connectivity index (χ2v) is 4.65. The molecule has 94 valence electrons. The molecule has 0 bridgehead atoms. The fourth-order valence-corrected chi connectivity index (χ4v) is 1.91. The lowest BCUT2D eigenvalue weighted by Crippen LogP contribution is -2.22. The first-order valence-electron chi connectivity index (χ1n) is 5.77. The van der Waals surface area contributed by atoms with E-state index < -0.39 is 0 Å². The molecule has 0 atom stereocenters. The molecule has 0 heterocycles. The molecule has 1 saturated carbocycles. The first kappa shape index (κ1) is 12.2. The lowest BCUT2D eigenvalue weighted by Gasteiger charge is -2.13. The summed E-state index contributed by atoms with van der Waals surface area (Å²) in [5.41, 5.74) is 6.52. The van der Waals surface area contributed by atoms with Gasteiger partial charge in [0.2, 0.25) is 0 Å². The molecule has 17 heavy (non-hydrogen) atoms. The van der Waals surface area contributed by atoms with Crippen LogP contribution in [0.25, 0.3) is 0 Å². The van der Waals surface area contributed by atoms with Gasteiger partial charge in [0, 0.05) is 23.2 Å². The van der Waals surface area contributed by atoms with Crippen LogP contribution in [-0.4, -0.2) is 19.8 Å². The average molecular weight is 239 g/mol. The van der Waals surface area contributed by atoms with Crippen molar-refractivity contribution in [3.8, 4) is 11.5 Å². The van der Waals surface area contributed by atoms with Gasteiger partial charge in [0.05, 0.1) is 14.2 Å². The maximum absolute atomic E-state index is 13.9. The van der Waals surface area contributed by atoms with Crippen molar-refractivity contribution in [1.29, 1.82) is 0 Å². The van der Waals surface area contributed by atoms with Crippen molar-refractivity contribution in [2.75, 3.05) is 14.2 Å². The highest BCUT2D eigenvalue weighted by Gasteiger charge is 2.37. The predicted molar refractivity (Wildman–Crippen MR) is 64.0 cm³/mol. The SMILES string of the molecule is COc1cc(F)c(CCC2(N)CC2)c(OC)c1. The Morgan fingerprint density at radius 1 is 1.29 bits per heavy atom. The molecule has 2 rings (SSSR count). The Bertz CT molecular complexity index is 416. The number of hydrogen-bond acceptors (Lipinski definition) is 3. The number of benzene rings is 1. The summed E-state index contributed by atoms with van der Waals surface area (Å²) in [6.07, 6.45) is 3.47. The Balaban J connectivity index is 2.18. The molecule has 0 spiro atoms. The summed E-state index contributed by atoms with van der Waals surface area (Å²) in [5.74, 6) is 0.716. The second-order valence-electron chi connectivity index (χ2n) is 4.65. The summed E-state index contributed by atoms with van der Waals surface area (Å²) in [6, 6.07) is 3.09. The molecule has 2 N–H and O–H groups in total. The molecule has 3 nitrogen and oxygen atoms in total. The van der Waals surface area contributed by atoms with E-state index in [4.69, 9.17) is 15.2 Å². The minimum absolute atomic E-state index is 0.0720. The first-order valence-corrected chi connectivity index (χ1v) is 5.77. The Kier molecular flexibility index (Phi) is 3.24. The second kappa shape index (κ2) is 4.53. The summed E-state index contributed by atoms with van der Waals surface area (Å²) in [6.45, 7) is 0. The molecule has 0 aromatic heterocycles. The average Bonchev–Trinajstić information content (AvgIpc) is 3.05. The first-order chi connectivity index (χ1) is 8.08. The molecule has 0 amide bonds. The van der Waals surface area contributed by atoms with E-state index in [1.807, 2.05) is 0 Å². The molecule has 0 unspecified atom stereocenters. The summed E-state index contributed by atoms with van der Waals surface area (Å²) in [5, 5.41) is 0. The van der Waals surface area contributed by atoms with E-state index in [0.29, 0.717) is 23.5 Å². The van der Waals surface area contributed by atoms with Crippen molar-refractivity contribution >= 4 is 0 Å². The molecule has 0 radical (unpaired) electrons. The maximum atomic E-state index is 13.9. The van der Waals surface area contributed by atoms with Gasteiger partial charge in [-0.2, -0.15) is 0 Å². The molecule has 0 aliphatic heterocycles. The van der Waals surface area contributed by atoms with Crippen LogP contribution in [-0.2, 0) is 6.42 Å². The van der Waals surface area contributed by atoms with Crippen molar-refractivity contribution in [3.05, 3.63) is 23.5 Å². The van der Waals surface area contributed by atoms with Gasteiger partial charge in [-0.1, -0.05) is 0 Å². The molecule has 1 fully saturated rings. The van der Waals surface area contributed by atoms with Gasteiger partial charge in [0.15, 0.2) is 0 Å². The molecule has 1 aromatic carbocycles. The third-order valence-electron chi connectivity index (χ3n) is 3.35. The number of nitrogens with two attached hydrogens (primary N) is 1. The van der Waals surface area contributed by atoms with E-state index in [1.54, 1.807) is 6.07 Å². The van der Waals surface area contributed by atoms with Crippen LogP contribution in [0.5, 0.6) is 11.5 Å². The lowest BCUT2D eigenvalue weighted by molar-refractivity contribution is 0.382. The Morgan fingerprint density at radius 3 is 2.53 bits per heavy atom. The molecular weight excluding hydrogens is 221 g/mol. The zero-order valence-electron chi connectivity index (χ0n) is 10.3. The van der Waals surface area contributed by atoms with E-state index >= 15 is 0 Å². The van der Waals surface area contributed by atoms with Crippen LogP contribution >= 0.6 is 0 Å². The standard InChI is InChI=1S/C13H18FNO2/c1-16-9-7-11(14)10(12(8-9)17-2)3-4-13(15)5-6-13/h7-8H,3-6,15H2,1-2H3. The zero-order chi connectivity index (χ0) is 12.5. The highest BCUT2D eigenvalue weighted by Crippen LogP contribution is 2.38. The van der Waals surface area contributed by atoms with Crippen molar-refractivity contribution in [2.24, 2.45) is 5.73 Å². The highest BCUT2D eigenvalue weighted by atomic mass is 19.1. The van der Waals surface area contributed by atoms with Crippen LogP contribution in [0.4, 0.5) is 4.39 Å².